The smallest absolute Gasteiger partial charge is 0.155 e. The molecular formula is C18H23ClFN7. The van der Waals surface area contributed by atoms with E-state index in [4.69, 9.17) is 0 Å². The lowest BCUT2D eigenvalue weighted by Gasteiger charge is -2.30. The van der Waals surface area contributed by atoms with Gasteiger partial charge in [-0.05, 0) is 32.4 Å². The van der Waals surface area contributed by atoms with Gasteiger partial charge in [0.2, 0.25) is 0 Å². The van der Waals surface area contributed by atoms with Gasteiger partial charge in [0, 0.05) is 37.2 Å². The lowest BCUT2D eigenvalue weighted by atomic mass is 9.96. The Kier molecular flexibility index (Phi) is 5.86. The number of rotatable bonds is 5. The van der Waals surface area contributed by atoms with E-state index in [0.29, 0.717) is 24.3 Å². The summed E-state index contributed by atoms with van der Waals surface area (Å²) in [6, 6.07) is 1.89. The highest BCUT2D eigenvalue weighted by Gasteiger charge is 2.31. The fraction of sp³-hybridized carbons (Fsp3) is 0.444. The van der Waals surface area contributed by atoms with Gasteiger partial charge >= 0.3 is 0 Å². The molecule has 4 rings (SSSR count). The minimum Gasteiger partial charge on any atom is -0.365 e. The Labute approximate surface area is 163 Å². The zero-order valence-electron chi connectivity index (χ0n) is 15.2. The van der Waals surface area contributed by atoms with E-state index in [1.807, 2.05) is 23.9 Å². The quantitative estimate of drug-likeness (QED) is 0.696. The Morgan fingerprint density at radius 2 is 2.19 bits per heavy atom. The van der Waals surface area contributed by atoms with Gasteiger partial charge in [0.05, 0.1) is 24.0 Å². The average molecular weight is 392 g/mol. The highest BCUT2D eigenvalue weighted by molar-refractivity contribution is 5.88. The number of alkyl halides is 1. The number of aryl methyl sites for hydroxylation is 1. The molecule has 1 aliphatic heterocycles. The topological polar surface area (TPSA) is 80.5 Å². The number of hydrogen-bond acceptors (Lipinski definition) is 6. The summed E-state index contributed by atoms with van der Waals surface area (Å²) in [5.41, 5.74) is 1.73. The third-order valence-corrected chi connectivity index (χ3v) is 4.70. The number of aromatic nitrogens is 5. The van der Waals surface area contributed by atoms with E-state index in [1.165, 1.54) is 0 Å². The molecule has 1 saturated heterocycles. The van der Waals surface area contributed by atoms with Gasteiger partial charge in [0.15, 0.2) is 5.82 Å². The van der Waals surface area contributed by atoms with Gasteiger partial charge in [-0.3, -0.25) is 9.67 Å². The number of piperidine rings is 1. The second kappa shape index (κ2) is 8.14. The van der Waals surface area contributed by atoms with Crippen LogP contribution in [-0.4, -0.2) is 50.0 Å². The van der Waals surface area contributed by atoms with Crippen LogP contribution in [-0.2, 0) is 6.54 Å². The molecule has 4 heterocycles. The van der Waals surface area contributed by atoms with E-state index in [0.717, 1.165) is 36.3 Å². The van der Waals surface area contributed by atoms with E-state index >= 15 is 0 Å². The summed E-state index contributed by atoms with van der Waals surface area (Å²) in [7, 11) is 0. The standard InChI is InChI=1S/C18H22FN7.ClH/c1-2-26-10-13(9-24-26)14-8-15-16(22-7-6-21-15)17(25-14)23-12-18(19)4-3-5-20-11-18;/h6-10,20H,2-5,11-12H2,1H3,(H,23,25);1H. The molecule has 9 heteroatoms. The third-order valence-electron chi connectivity index (χ3n) is 4.70. The molecule has 0 spiro atoms. The summed E-state index contributed by atoms with van der Waals surface area (Å²) in [6.45, 7) is 4.23. The second-order valence-corrected chi connectivity index (χ2v) is 6.65. The first kappa shape index (κ1) is 19.4. The van der Waals surface area contributed by atoms with Crippen molar-refractivity contribution in [3.05, 3.63) is 30.9 Å². The number of pyridine rings is 1. The zero-order chi connectivity index (χ0) is 18.0. The maximum Gasteiger partial charge on any atom is 0.155 e. The number of nitrogens with one attached hydrogen (secondary N) is 2. The van der Waals surface area contributed by atoms with Crippen molar-refractivity contribution in [2.75, 3.05) is 25.0 Å². The van der Waals surface area contributed by atoms with Crippen molar-refractivity contribution in [3.63, 3.8) is 0 Å². The molecule has 0 aliphatic carbocycles. The molecule has 144 valence electrons. The van der Waals surface area contributed by atoms with E-state index in [2.05, 4.69) is 30.7 Å². The molecule has 27 heavy (non-hydrogen) atoms. The molecule has 0 bridgehead atoms. The van der Waals surface area contributed by atoms with Gasteiger partial charge in [-0.15, -0.1) is 12.4 Å². The molecule has 1 aliphatic rings. The van der Waals surface area contributed by atoms with Crippen LogP contribution in [0.4, 0.5) is 10.2 Å². The summed E-state index contributed by atoms with van der Waals surface area (Å²) in [6.07, 6.45) is 8.36. The van der Waals surface area contributed by atoms with Gasteiger partial charge in [-0.2, -0.15) is 5.10 Å². The summed E-state index contributed by atoms with van der Waals surface area (Å²) in [4.78, 5) is 13.4. The van der Waals surface area contributed by atoms with Crippen LogP contribution in [0.5, 0.6) is 0 Å². The molecule has 2 N–H and O–H groups in total. The van der Waals surface area contributed by atoms with Crippen molar-refractivity contribution < 1.29 is 4.39 Å². The highest BCUT2D eigenvalue weighted by Crippen LogP contribution is 2.27. The van der Waals surface area contributed by atoms with Crippen molar-refractivity contribution in [1.29, 1.82) is 0 Å². The van der Waals surface area contributed by atoms with E-state index < -0.39 is 5.67 Å². The predicted molar refractivity (Wildman–Crippen MR) is 106 cm³/mol. The van der Waals surface area contributed by atoms with E-state index in [1.54, 1.807) is 18.6 Å². The number of anilines is 1. The first-order chi connectivity index (χ1) is 12.7. The van der Waals surface area contributed by atoms with Crippen LogP contribution in [0.1, 0.15) is 19.8 Å². The number of hydrogen-bond donors (Lipinski definition) is 2. The van der Waals surface area contributed by atoms with Crippen LogP contribution in [0.2, 0.25) is 0 Å². The van der Waals surface area contributed by atoms with Crippen LogP contribution in [0.3, 0.4) is 0 Å². The van der Waals surface area contributed by atoms with Crippen molar-refractivity contribution in [2.45, 2.75) is 32.0 Å². The Balaban J connectivity index is 0.00000210. The largest absolute Gasteiger partial charge is 0.365 e. The minimum absolute atomic E-state index is 0. The lowest BCUT2D eigenvalue weighted by molar-refractivity contribution is 0.137. The molecule has 1 atom stereocenters. The first-order valence-electron chi connectivity index (χ1n) is 8.95. The van der Waals surface area contributed by atoms with Crippen LogP contribution in [0.15, 0.2) is 30.9 Å². The summed E-state index contributed by atoms with van der Waals surface area (Å²) >= 11 is 0. The van der Waals surface area contributed by atoms with Crippen molar-refractivity contribution >= 4 is 29.3 Å². The van der Waals surface area contributed by atoms with Crippen LogP contribution < -0.4 is 10.6 Å². The van der Waals surface area contributed by atoms with Crippen molar-refractivity contribution in [3.8, 4) is 11.3 Å². The van der Waals surface area contributed by atoms with Gasteiger partial charge < -0.3 is 10.6 Å². The summed E-state index contributed by atoms with van der Waals surface area (Å²) < 4.78 is 16.8. The molecule has 0 radical (unpaired) electrons. The molecular weight excluding hydrogens is 369 g/mol. The number of fused-ring (bicyclic) bond motifs is 1. The highest BCUT2D eigenvalue weighted by atomic mass is 35.5. The lowest BCUT2D eigenvalue weighted by Crippen LogP contribution is -2.46. The number of nitrogens with zero attached hydrogens (tertiary/aromatic N) is 5. The molecule has 0 aromatic carbocycles. The van der Waals surface area contributed by atoms with Gasteiger partial charge in [-0.1, -0.05) is 0 Å². The molecule has 1 fully saturated rings. The molecule has 0 amide bonds. The van der Waals surface area contributed by atoms with Crippen LogP contribution in [0, 0.1) is 0 Å². The van der Waals surface area contributed by atoms with Crippen molar-refractivity contribution in [1.82, 2.24) is 30.0 Å². The molecule has 3 aromatic heterocycles. The maximum absolute atomic E-state index is 14.9. The summed E-state index contributed by atoms with van der Waals surface area (Å²) in [5, 5.41) is 10.6. The second-order valence-electron chi connectivity index (χ2n) is 6.65. The zero-order valence-corrected chi connectivity index (χ0v) is 16.0. The van der Waals surface area contributed by atoms with Gasteiger partial charge in [0.25, 0.3) is 0 Å². The predicted octanol–water partition coefficient (Wildman–Crippen LogP) is 2.83. The minimum atomic E-state index is -1.28. The maximum atomic E-state index is 14.9. The summed E-state index contributed by atoms with van der Waals surface area (Å²) in [5.74, 6) is 0.553. The molecule has 0 saturated carbocycles. The molecule has 1 unspecified atom stereocenters. The fourth-order valence-corrected chi connectivity index (χ4v) is 3.24. The van der Waals surface area contributed by atoms with Crippen LogP contribution >= 0.6 is 12.4 Å². The Morgan fingerprint density at radius 1 is 1.33 bits per heavy atom. The first-order valence-corrected chi connectivity index (χ1v) is 8.95. The molecule has 7 nitrogen and oxygen atoms in total. The SMILES string of the molecule is CCn1cc(-c2cc3nccnc3c(NCC3(F)CCCNC3)n2)cn1.Cl. The average Bonchev–Trinajstić information content (AvgIpc) is 3.16. The Hall–Kier alpha value is -2.32. The molecule has 3 aromatic rings. The van der Waals surface area contributed by atoms with Crippen molar-refractivity contribution in [2.24, 2.45) is 0 Å². The normalized spacial score (nSPS) is 19.6. The Morgan fingerprint density at radius 3 is 2.93 bits per heavy atom. The number of halogens is 2. The van der Waals surface area contributed by atoms with E-state index in [-0.39, 0.29) is 19.0 Å². The monoisotopic (exact) mass is 391 g/mol. The van der Waals surface area contributed by atoms with Gasteiger partial charge in [0.1, 0.15) is 11.2 Å². The van der Waals surface area contributed by atoms with E-state index in [9.17, 15) is 4.39 Å². The fourth-order valence-electron chi connectivity index (χ4n) is 3.24. The Bertz CT molecular complexity index is 908. The third kappa shape index (κ3) is 4.17. The van der Waals surface area contributed by atoms with Gasteiger partial charge in [-0.25, -0.2) is 14.4 Å². The van der Waals surface area contributed by atoms with Crippen LogP contribution in [0.25, 0.3) is 22.3 Å².